The summed E-state index contributed by atoms with van der Waals surface area (Å²) >= 11 is 5.80. The number of nitrogens with one attached hydrogen (secondary N) is 1. The summed E-state index contributed by atoms with van der Waals surface area (Å²) in [6, 6.07) is 4.65. The van der Waals surface area contributed by atoms with Gasteiger partial charge in [0.05, 0.1) is 0 Å². The van der Waals surface area contributed by atoms with Gasteiger partial charge in [0.1, 0.15) is 5.82 Å². The van der Waals surface area contributed by atoms with E-state index in [4.69, 9.17) is 17.3 Å². The molecule has 0 heterocycles. The SMILES string of the molecule is NCCNCc1c(F)cccc1Cl. The molecule has 0 aliphatic carbocycles. The first-order chi connectivity index (χ1) is 6.25. The molecule has 72 valence electrons. The van der Waals surface area contributed by atoms with E-state index >= 15 is 0 Å². The largest absolute Gasteiger partial charge is 0.329 e. The van der Waals surface area contributed by atoms with Crippen LogP contribution in [0.4, 0.5) is 4.39 Å². The van der Waals surface area contributed by atoms with E-state index in [2.05, 4.69) is 5.32 Å². The molecule has 0 unspecified atom stereocenters. The minimum atomic E-state index is -0.281. The highest BCUT2D eigenvalue weighted by atomic mass is 35.5. The Morgan fingerprint density at radius 1 is 1.46 bits per heavy atom. The lowest BCUT2D eigenvalue weighted by Gasteiger charge is -2.06. The Kier molecular flexibility index (Phi) is 4.15. The second-order valence-corrected chi connectivity index (χ2v) is 3.07. The zero-order valence-electron chi connectivity index (χ0n) is 7.19. The molecule has 1 aromatic rings. The van der Waals surface area contributed by atoms with E-state index in [1.165, 1.54) is 6.07 Å². The van der Waals surface area contributed by atoms with Crippen molar-refractivity contribution in [1.82, 2.24) is 5.32 Å². The van der Waals surface area contributed by atoms with E-state index in [1.807, 2.05) is 0 Å². The standard InChI is InChI=1S/C9H12ClFN2/c10-8-2-1-3-9(11)7(8)6-13-5-4-12/h1-3,13H,4-6,12H2. The molecule has 0 spiro atoms. The maximum Gasteiger partial charge on any atom is 0.129 e. The minimum Gasteiger partial charge on any atom is -0.329 e. The molecular weight excluding hydrogens is 191 g/mol. The van der Waals surface area contributed by atoms with E-state index in [-0.39, 0.29) is 5.82 Å². The van der Waals surface area contributed by atoms with E-state index in [0.29, 0.717) is 30.2 Å². The van der Waals surface area contributed by atoms with Gasteiger partial charge in [-0.2, -0.15) is 0 Å². The summed E-state index contributed by atoms with van der Waals surface area (Å²) in [5.74, 6) is -0.281. The zero-order valence-corrected chi connectivity index (χ0v) is 7.94. The van der Waals surface area contributed by atoms with Crippen molar-refractivity contribution in [2.75, 3.05) is 13.1 Å². The number of nitrogens with two attached hydrogens (primary N) is 1. The van der Waals surface area contributed by atoms with Crippen LogP contribution in [-0.2, 0) is 6.54 Å². The van der Waals surface area contributed by atoms with Crippen LogP contribution in [0.1, 0.15) is 5.56 Å². The Labute approximate surface area is 81.9 Å². The summed E-state index contributed by atoms with van der Waals surface area (Å²) in [6.45, 7) is 1.61. The number of halogens is 2. The molecule has 1 rings (SSSR count). The fourth-order valence-corrected chi connectivity index (χ4v) is 1.25. The highest BCUT2D eigenvalue weighted by Crippen LogP contribution is 2.18. The van der Waals surface area contributed by atoms with Crippen molar-refractivity contribution < 1.29 is 4.39 Å². The first-order valence-corrected chi connectivity index (χ1v) is 4.47. The summed E-state index contributed by atoms with van der Waals surface area (Å²) < 4.78 is 13.1. The smallest absolute Gasteiger partial charge is 0.129 e. The summed E-state index contributed by atoms with van der Waals surface area (Å²) in [7, 11) is 0. The van der Waals surface area contributed by atoms with Gasteiger partial charge in [0, 0.05) is 30.2 Å². The molecule has 13 heavy (non-hydrogen) atoms. The summed E-state index contributed by atoms with van der Waals surface area (Å²) in [6.07, 6.45) is 0. The number of hydrogen-bond acceptors (Lipinski definition) is 2. The van der Waals surface area contributed by atoms with Gasteiger partial charge in [-0.1, -0.05) is 17.7 Å². The lowest BCUT2D eigenvalue weighted by Crippen LogP contribution is -2.22. The van der Waals surface area contributed by atoms with Crippen molar-refractivity contribution in [1.29, 1.82) is 0 Å². The van der Waals surface area contributed by atoms with Crippen LogP contribution in [0.3, 0.4) is 0 Å². The van der Waals surface area contributed by atoms with Crippen LogP contribution in [0, 0.1) is 5.82 Å². The molecule has 0 aliphatic rings. The van der Waals surface area contributed by atoms with Crippen molar-refractivity contribution in [3.05, 3.63) is 34.6 Å². The molecular formula is C9H12ClFN2. The average molecular weight is 203 g/mol. The monoisotopic (exact) mass is 202 g/mol. The molecule has 2 nitrogen and oxygen atoms in total. The fourth-order valence-electron chi connectivity index (χ4n) is 1.02. The van der Waals surface area contributed by atoms with Gasteiger partial charge in [0.15, 0.2) is 0 Å². The molecule has 0 atom stereocenters. The molecule has 0 bridgehead atoms. The molecule has 0 saturated heterocycles. The Balaban J connectivity index is 2.64. The van der Waals surface area contributed by atoms with Gasteiger partial charge in [-0.25, -0.2) is 4.39 Å². The van der Waals surface area contributed by atoms with Gasteiger partial charge in [-0.15, -0.1) is 0 Å². The van der Waals surface area contributed by atoms with Gasteiger partial charge in [0.25, 0.3) is 0 Å². The van der Waals surface area contributed by atoms with Crippen molar-refractivity contribution in [3.8, 4) is 0 Å². The molecule has 0 saturated carbocycles. The Bertz CT molecular complexity index is 258. The third kappa shape index (κ3) is 2.95. The summed E-state index contributed by atoms with van der Waals surface area (Å²) in [5.41, 5.74) is 5.78. The Hall–Kier alpha value is -0.640. The molecule has 0 aromatic heterocycles. The van der Waals surface area contributed by atoms with Gasteiger partial charge in [-0.05, 0) is 12.1 Å². The van der Waals surface area contributed by atoms with Crippen LogP contribution in [0.2, 0.25) is 5.02 Å². The van der Waals surface area contributed by atoms with Crippen LogP contribution >= 0.6 is 11.6 Å². The molecule has 3 N–H and O–H groups in total. The number of benzene rings is 1. The predicted molar refractivity (Wildman–Crippen MR) is 52.2 cm³/mol. The summed E-state index contributed by atoms with van der Waals surface area (Å²) in [4.78, 5) is 0. The van der Waals surface area contributed by atoms with E-state index < -0.39 is 0 Å². The van der Waals surface area contributed by atoms with Crippen molar-refractivity contribution >= 4 is 11.6 Å². The third-order valence-electron chi connectivity index (χ3n) is 1.68. The van der Waals surface area contributed by atoms with E-state index in [9.17, 15) is 4.39 Å². The molecule has 0 fully saturated rings. The van der Waals surface area contributed by atoms with Crippen molar-refractivity contribution in [2.24, 2.45) is 5.73 Å². The molecule has 4 heteroatoms. The van der Waals surface area contributed by atoms with E-state index in [0.717, 1.165) is 0 Å². The molecule has 0 amide bonds. The highest BCUT2D eigenvalue weighted by molar-refractivity contribution is 6.31. The third-order valence-corrected chi connectivity index (χ3v) is 2.04. The first-order valence-electron chi connectivity index (χ1n) is 4.09. The Morgan fingerprint density at radius 3 is 2.85 bits per heavy atom. The molecule has 1 aromatic carbocycles. The maximum absolute atomic E-state index is 13.1. The van der Waals surface area contributed by atoms with Crippen LogP contribution in [0.25, 0.3) is 0 Å². The minimum absolute atomic E-state index is 0.281. The van der Waals surface area contributed by atoms with E-state index in [1.54, 1.807) is 12.1 Å². The topological polar surface area (TPSA) is 38.0 Å². The van der Waals surface area contributed by atoms with Crippen molar-refractivity contribution in [3.63, 3.8) is 0 Å². The van der Waals surface area contributed by atoms with Gasteiger partial charge in [0.2, 0.25) is 0 Å². The quantitative estimate of drug-likeness (QED) is 0.727. The van der Waals surface area contributed by atoms with Gasteiger partial charge in [-0.3, -0.25) is 0 Å². The van der Waals surface area contributed by atoms with Crippen molar-refractivity contribution in [2.45, 2.75) is 6.54 Å². The number of rotatable bonds is 4. The van der Waals surface area contributed by atoms with Crippen LogP contribution < -0.4 is 11.1 Å². The summed E-state index contributed by atoms with van der Waals surface area (Å²) in [5, 5.41) is 3.43. The lowest BCUT2D eigenvalue weighted by molar-refractivity contribution is 0.590. The maximum atomic E-state index is 13.1. The fraction of sp³-hybridized carbons (Fsp3) is 0.333. The van der Waals surface area contributed by atoms with Crippen LogP contribution in [0.5, 0.6) is 0 Å². The molecule has 0 aliphatic heterocycles. The highest BCUT2D eigenvalue weighted by Gasteiger charge is 2.04. The van der Waals surface area contributed by atoms with Gasteiger partial charge < -0.3 is 11.1 Å². The molecule has 0 radical (unpaired) electrons. The number of hydrogen-bond donors (Lipinski definition) is 2. The average Bonchev–Trinajstić information content (AvgIpc) is 2.10. The lowest BCUT2D eigenvalue weighted by atomic mass is 10.2. The normalized spacial score (nSPS) is 10.4. The zero-order chi connectivity index (χ0) is 9.68. The van der Waals surface area contributed by atoms with Crippen LogP contribution in [0.15, 0.2) is 18.2 Å². The second kappa shape index (κ2) is 5.17. The Morgan fingerprint density at radius 2 is 2.23 bits per heavy atom. The second-order valence-electron chi connectivity index (χ2n) is 2.67. The predicted octanol–water partition coefficient (Wildman–Crippen LogP) is 1.53. The van der Waals surface area contributed by atoms with Crippen LogP contribution in [-0.4, -0.2) is 13.1 Å². The first kappa shape index (κ1) is 10.4. The van der Waals surface area contributed by atoms with Gasteiger partial charge >= 0.3 is 0 Å².